The van der Waals surface area contributed by atoms with Gasteiger partial charge >= 0.3 is 126 Å². The van der Waals surface area contributed by atoms with Gasteiger partial charge in [-0.2, -0.15) is 0 Å². The molecule has 1 rings (SSSR count). The van der Waals surface area contributed by atoms with Crippen LogP contribution < -0.4 is 0 Å². The van der Waals surface area contributed by atoms with Gasteiger partial charge in [-0.25, -0.2) is 0 Å². The minimum absolute atomic E-state index is 0.724. The summed E-state index contributed by atoms with van der Waals surface area (Å²) in [5.41, 5.74) is 2.70. The van der Waals surface area contributed by atoms with Gasteiger partial charge in [-0.1, -0.05) is 6.92 Å². The van der Waals surface area contributed by atoms with Crippen molar-refractivity contribution in [1.82, 2.24) is 0 Å². The average Bonchev–Trinajstić information content (AvgIpc) is 2.39. The van der Waals surface area contributed by atoms with Crippen molar-refractivity contribution >= 4 is 26.2 Å². The van der Waals surface area contributed by atoms with Gasteiger partial charge in [0.25, 0.3) is 0 Å². The summed E-state index contributed by atoms with van der Waals surface area (Å²) in [6.07, 6.45) is 3.53. The number of ether oxygens (including phenoxy) is 1. The molecule has 1 aromatic carbocycles. The molecule has 1 aromatic rings. The SMILES string of the molecule is CCC(C)Cc1ccc(COCC[CH2][Sn]([CH3])([CH3])[Cl])cc1. The van der Waals surface area contributed by atoms with Crippen LogP contribution in [0.15, 0.2) is 24.3 Å². The van der Waals surface area contributed by atoms with E-state index in [0.29, 0.717) is 0 Å². The fourth-order valence-corrected chi connectivity index (χ4v) is 5.81. The first kappa shape index (κ1) is 18.3. The van der Waals surface area contributed by atoms with Crippen LogP contribution in [0.2, 0.25) is 14.3 Å². The standard InChI is InChI=1S/C15H23O.2CH3.ClH.Sn/c1-4-10-16-12-15-8-6-14(7-9-15)11-13(3)5-2;;;;/h6-9,13H,1,4-5,10-12H2,2-3H3;2*1H3;1H;/q;;;;+1/p-1. The van der Waals surface area contributed by atoms with Gasteiger partial charge in [-0.05, 0) is 0 Å². The Morgan fingerprint density at radius 1 is 1.15 bits per heavy atom. The molecule has 1 nitrogen and oxygen atoms in total. The van der Waals surface area contributed by atoms with E-state index in [1.54, 1.807) is 0 Å². The monoisotopic (exact) mass is 404 g/mol. The molecule has 0 radical (unpaired) electrons. The second kappa shape index (κ2) is 9.32. The first-order chi connectivity index (χ1) is 9.40. The van der Waals surface area contributed by atoms with E-state index in [4.69, 9.17) is 13.7 Å². The summed E-state index contributed by atoms with van der Waals surface area (Å²) < 4.78 is 6.93. The second-order valence-electron chi connectivity index (χ2n) is 6.41. The zero-order valence-electron chi connectivity index (χ0n) is 13.4. The number of halogens is 1. The topological polar surface area (TPSA) is 9.23 Å². The maximum absolute atomic E-state index is 6.35. The molecule has 0 aliphatic carbocycles. The first-order valence-electron chi connectivity index (χ1n) is 7.75. The number of hydrogen-bond donors (Lipinski definition) is 0. The number of hydrogen-bond acceptors (Lipinski definition) is 1. The van der Waals surface area contributed by atoms with Crippen LogP contribution in [0.25, 0.3) is 0 Å². The summed E-state index contributed by atoms with van der Waals surface area (Å²) in [6.45, 7) is 6.11. The van der Waals surface area contributed by atoms with E-state index in [2.05, 4.69) is 48.0 Å². The van der Waals surface area contributed by atoms with Gasteiger partial charge in [0.1, 0.15) is 0 Å². The fraction of sp³-hybridized carbons (Fsp3) is 0.647. The van der Waals surface area contributed by atoms with Crippen LogP contribution in [-0.4, -0.2) is 23.9 Å². The zero-order chi connectivity index (χ0) is 15.0. The van der Waals surface area contributed by atoms with Crippen molar-refractivity contribution in [2.24, 2.45) is 5.92 Å². The van der Waals surface area contributed by atoms with Crippen LogP contribution in [0.5, 0.6) is 0 Å². The zero-order valence-corrected chi connectivity index (χ0v) is 17.0. The van der Waals surface area contributed by atoms with E-state index in [1.807, 2.05) is 0 Å². The molecule has 3 heteroatoms. The Kier molecular flexibility index (Phi) is 8.54. The summed E-state index contributed by atoms with van der Waals surface area (Å²) in [5.74, 6) is 0.766. The predicted octanol–water partition coefficient (Wildman–Crippen LogP) is 5.63. The fourth-order valence-electron chi connectivity index (χ4n) is 2.10. The van der Waals surface area contributed by atoms with Gasteiger partial charge in [0.05, 0.1) is 0 Å². The van der Waals surface area contributed by atoms with E-state index < -0.39 is 17.3 Å². The second-order valence-corrected chi connectivity index (χ2v) is 24.5. The van der Waals surface area contributed by atoms with Gasteiger partial charge < -0.3 is 0 Å². The molecule has 0 spiro atoms. The molecule has 0 aliphatic heterocycles. The van der Waals surface area contributed by atoms with Crippen molar-refractivity contribution in [3.8, 4) is 0 Å². The van der Waals surface area contributed by atoms with E-state index in [9.17, 15) is 0 Å². The third-order valence-electron chi connectivity index (χ3n) is 3.63. The van der Waals surface area contributed by atoms with Crippen LogP contribution in [0.3, 0.4) is 0 Å². The molecule has 1 atom stereocenters. The summed E-state index contributed by atoms with van der Waals surface area (Å²) in [6, 6.07) is 8.87. The molecule has 1 unspecified atom stereocenters. The third-order valence-corrected chi connectivity index (χ3v) is 9.30. The first-order valence-corrected chi connectivity index (χ1v) is 19.1. The van der Waals surface area contributed by atoms with Crippen molar-refractivity contribution < 1.29 is 4.74 Å². The maximum atomic E-state index is 6.35. The van der Waals surface area contributed by atoms with Crippen molar-refractivity contribution in [1.29, 1.82) is 0 Å². The van der Waals surface area contributed by atoms with Crippen LogP contribution in [0, 0.1) is 5.92 Å². The van der Waals surface area contributed by atoms with Crippen molar-refractivity contribution in [3.63, 3.8) is 0 Å². The quantitative estimate of drug-likeness (QED) is 0.384. The van der Waals surface area contributed by atoms with Crippen LogP contribution in [0.1, 0.15) is 37.8 Å². The molecule has 0 bridgehead atoms. The van der Waals surface area contributed by atoms with E-state index in [-0.39, 0.29) is 0 Å². The van der Waals surface area contributed by atoms with Gasteiger partial charge in [0.15, 0.2) is 0 Å². The molecule has 0 saturated carbocycles. The normalized spacial score (nSPS) is 13.4. The van der Waals surface area contributed by atoms with Crippen LogP contribution in [0.4, 0.5) is 0 Å². The van der Waals surface area contributed by atoms with Crippen molar-refractivity contribution in [2.75, 3.05) is 6.61 Å². The van der Waals surface area contributed by atoms with Gasteiger partial charge in [-0.3, -0.25) is 0 Å². The Morgan fingerprint density at radius 2 is 1.75 bits per heavy atom. The average molecular weight is 404 g/mol. The summed E-state index contributed by atoms with van der Waals surface area (Å²) >= 11 is -2.09. The number of benzene rings is 1. The molecule has 114 valence electrons. The molecular weight excluding hydrogens is 374 g/mol. The molecule has 0 aliphatic rings. The molecule has 0 N–H and O–H groups in total. The summed E-state index contributed by atoms with van der Waals surface area (Å²) in [4.78, 5) is 4.51. The summed E-state index contributed by atoms with van der Waals surface area (Å²) in [5, 5.41) is 0. The predicted molar refractivity (Wildman–Crippen MR) is 92.0 cm³/mol. The molecule has 0 saturated heterocycles. The molecule has 0 aromatic heterocycles. The van der Waals surface area contributed by atoms with Gasteiger partial charge in [0.2, 0.25) is 0 Å². The van der Waals surface area contributed by atoms with E-state index >= 15 is 0 Å². The summed E-state index contributed by atoms with van der Waals surface area (Å²) in [7, 11) is 6.35. The Hall–Kier alpha value is 0.269. The van der Waals surface area contributed by atoms with Crippen molar-refractivity contribution in [2.45, 2.75) is 54.0 Å². The molecule has 0 heterocycles. The Labute approximate surface area is 132 Å². The van der Waals surface area contributed by atoms with E-state index in [0.717, 1.165) is 25.6 Å². The van der Waals surface area contributed by atoms with E-state index in [1.165, 1.54) is 28.4 Å². The van der Waals surface area contributed by atoms with Crippen LogP contribution in [-0.2, 0) is 17.8 Å². The van der Waals surface area contributed by atoms with Crippen molar-refractivity contribution in [3.05, 3.63) is 35.4 Å². The molecular formula is C17H29ClOSn. The molecule has 20 heavy (non-hydrogen) atoms. The van der Waals surface area contributed by atoms with Crippen LogP contribution >= 0.6 is 8.92 Å². The number of rotatable bonds is 9. The molecule has 0 amide bonds. The van der Waals surface area contributed by atoms with Gasteiger partial charge in [0, 0.05) is 0 Å². The van der Waals surface area contributed by atoms with Gasteiger partial charge in [-0.15, -0.1) is 0 Å². The Morgan fingerprint density at radius 3 is 2.30 bits per heavy atom. The minimum atomic E-state index is -2.09. The Bertz CT molecular complexity index is 370. The third kappa shape index (κ3) is 8.53. The Balaban J connectivity index is 2.25. The molecule has 0 fully saturated rings.